The Morgan fingerprint density at radius 1 is 1.32 bits per heavy atom. The Labute approximate surface area is 117 Å². The highest BCUT2D eigenvalue weighted by molar-refractivity contribution is 5.67. The molecule has 0 rings (SSSR count). The molecule has 0 fully saturated rings. The molecule has 5 nitrogen and oxygen atoms in total. The van der Waals surface area contributed by atoms with E-state index in [-0.39, 0.29) is 12.1 Å². The maximum absolute atomic E-state index is 11.5. The summed E-state index contributed by atoms with van der Waals surface area (Å²) in [7, 11) is 1.70. The van der Waals surface area contributed by atoms with Crippen LogP contribution >= 0.6 is 0 Å². The van der Waals surface area contributed by atoms with E-state index in [1.165, 1.54) is 0 Å². The zero-order valence-electron chi connectivity index (χ0n) is 13.2. The van der Waals surface area contributed by atoms with Gasteiger partial charge in [0, 0.05) is 25.7 Å². The van der Waals surface area contributed by atoms with Gasteiger partial charge >= 0.3 is 6.09 Å². The topological polar surface area (TPSA) is 59.6 Å². The SMILES string of the molecule is CCCC(COC)NC(C)CNC(=O)OC(C)(C)C. The highest BCUT2D eigenvalue weighted by Crippen LogP contribution is 2.06. The first-order valence-electron chi connectivity index (χ1n) is 7.00. The van der Waals surface area contributed by atoms with E-state index in [0.29, 0.717) is 19.2 Å². The van der Waals surface area contributed by atoms with E-state index in [9.17, 15) is 4.79 Å². The third-order valence-corrected chi connectivity index (χ3v) is 2.48. The average Bonchev–Trinajstić information content (AvgIpc) is 2.25. The second-order valence-corrected chi connectivity index (χ2v) is 5.89. The normalized spacial score (nSPS) is 14.8. The molecule has 0 aromatic carbocycles. The lowest BCUT2D eigenvalue weighted by Crippen LogP contribution is -2.46. The summed E-state index contributed by atoms with van der Waals surface area (Å²) in [6.45, 7) is 11.0. The lowest BCUT2D eigenvalue weighted by atomic mass is 10.1. The third kappa shape index (κ3) is 10.8. The van der Waals surface area contributed by atoms with E-state index in [4.69, 9.17) is 9.47 Å². The van der Waals surface area contributed by atoms with E-state index in [2.05, 4.69) is 17.6 Å². The lowest BCUT2D eigenvalue weighted by Gasteiger charge is -2.24. The van der Waals surface area contributed by atoms with Crippen molar-refractivity contribution < 1.29 is 14.3 Å². The minimum atomic E-state index is -0.457. The van der Waals surface area contributed by atoms with Gasteiger partial charge in [-0.25, -0.2) is 4.79 Å². The van der Waals surface area contributed by atoms with Crippen molar-refractivity contribution in [2.24, 2.45) is 0 Å². The molecule has 19 heavy (non-hydrogen) atoms. The van der Waals surface area contributed by atoms with Gasteiger partial charge in [0.15, 0.2) is 0 Å². The first-order valence-corrected chi connectivity index (χ1v) is 7.00. The summed E-state index contributed by atoms with van der Waals surface area (Å²) in [6.07, 6.45) is 1.79. The fourth-order valence-corrected chi connectivity index (χ4v) is 1.78. The quantitative estimate of drug-likeness (QED) is 0.713. The van der Waals surface area contributed by atoms with Crippen LogP contribution in [0.15, 0.2) is 0 Å². The van der Waals surface area contributed by atoms with Crippen molar-refractivity contribution in [2.75, 3.05) is 20.3 Å². The van der Waals surface area contributed by atoms with Gasteiger partial charge in [0.25, 0.3) is 0 Å². The number of ether oxygens (including phenoxy) is 2. The van der Waals surface area contributed by atoms with Crippen LogP contribution in [0, 0.1) is 0 Å². The Kier molecular flexibility index (Phi) is 8.76. The van der Waals surface area contributed by atoms with Gasteiger partial charge in [0.2, 0.25) is 0 Å². The molecule has 0 spiro atoms. The summed E-state index contributed by atoms with van der Waals surface area (Å²) in [6, 6.07) is 0.504. The molecule has 0 saturated heterocycles. The van der Waals surface area contributed by atoms with E-state index < -0.39 is 5.60 Å². The molecular weight excluding hydrogens is 244 g/mol. The fraction of sp³-hybridized carbons (Fsp3) is 0.929. The van der Waals surface area contributed by atoms with Gasteiger partial charge in [-0.2, -0.15) is 0 Å². The van der Waals surface area contributed by atoms with Crippen molar-refractivity contribution in [1.82, 2.24) is 10.6 Å². The molecular formula is C14H30N2O3. The average molecular weight is 274 g/mol. The number of rotatable bonds is 8. The first-order chi connectivity index (χ1) is 8.78. The molecule has 114 valence electrons. The van der Waals surface area contributed by atoms with Gasteiger partial charge in [-0.15, -0.1) is 0 Å². The zero-order chi connectivity index (χ0) is 14.9. The number of hydrogen-bond donors (Lipinski definition) is 2. The Hall–Kier alpha value is -0.810. The number of carbonyl (C=O) groups excluding carboxylic acids is 1. The predicted octanol–water partition coefficient (Wildman–Crippen LogP) is 2.30. The van der Waals surface area contributed by atoms with Crippen LogP contribution in [0.2, 0.25) is 0 Å². The van der Waals surface area contributed by atoms with E-state index in [0.717, 1.165) is 12.8 Å². The largest absolute Gasteiger partial charge is 0.444 e. The van der Waals surface area contributed by atoms with Gasteiger partial charge < -0.3 is 20.1 Å². The molecule has 0 saturated carbocycles. The van der Waals surface area contributed by atoms with E-state index in [1.807, 2.05) is 27.7 Å². The summed E-state index contributed by atoms with van der Waals surface area (Å²) in [4.78, 5) is 11.5. The van der Waals surface area contributed by atoms with Crippen molar-refractivity contribution in [3.63, 3.8) is 0 Å². The molecule has 0 aliphatic rings. The Morgan fingerprint density at radius 3 is 2.42 bits per heavy atom. The van der Waals surface area contributed by atoms with Crippen LogP contribution in [0.4, 0.5) is 4.79 Å². The minimum absolute atomic E-state index is 0.180. The summed E-state index contributed by atoms with van der Waals surface area (Å²) in [5.74, 6) is 0. The van der Waals surface area contributed by atoms with Crippen molar-refractivity contribution in [3.8, 4) is 0 Å². The molecule has 2 unspecified atom stereocenters. The smallest absolute Gasteiger partial charge is 0.407 e. The maximum Gasteiger partial charge on any atom is 0.407 e. The van der Waals surface area contributed by atoms with Gasteiger partial charge in [0.05, 0.1) is 6.61 Å². The lowest BCUT2D eigenvalue weighted by molar-refractivity contribution is 0.0521. The van der Waals surface area contributed by atoms with Crippen LogP contribution < -0.4 is 10.6 Å². The maximum atomic E-state index is 11.5. The van der Waals surface area contributed by atoms with E-state index in [1.54, 1.807) is 7.11 Å². The van der Waals surface area contributed by atoms with Crippen LogP contribution in [0.1, 0.15) is 47.5 Å². The van der Waals surface area contributed by atoms with Crippen molar-refractivity contribution in [3.05, 3.63) is 0 Å². The standard InChI is InChI=1S/C14H30N2O3/c1-7-8-12(10-18-6)16-11(2)9-15-13(17)19-14(3,4)5/h11-12,16H,7-10H2,1-6H3,(H,15,17). The Bertz CT molecular complexity index is 246. The highest BCUT2D eigenvalue weighted by atomic mass is 16.6. The highest BCUT2D eigenvalue weighted by Gasteiger charge is 2.17. The Morgan fingerprint density at radius 2 is 1.95 bits per heavy atom. The van der Waals surface area contributed by atoms with Crippen LogP contribution in [0.3, 0.4) is 0 Å². The minimum Gasteiger partial charge on any atom is -0.444 e. The molecule has 0 bridgehead atoms. The van der Waals surface area contributed by atoms with Gasteiger partial charge in [-0.1, -0.05) is 13.3 Å². The summed E-state index contributed by atoms with van der Waals surface area (Å²) in [5.41, 5.74) is -0.457. The number of alkyl carbamates (subject to hydrolysis) is 1. The number of amides is 1. The third-order valence-electron chi connectivity index (χ3n) is 2.48. The van der Waals surface area contributed by atoms with Crippen molar-refractivity contribution in [1.29, 1.82) is 0 Å². The van der Waals surface area contributed by atoms with Gasteiger partial charge in [-0.3, -0.25) is 0 Å². The van der Waals surface area contributed by atoms with E-state index >= 15 is 0 Å². The monoisotopic (exact) mass is 274 g/mol. The molecule has 0 aliphatic heterocycles. The molecule has 0 aromatic heterocycles. The molecule has 0 aliphatic carbocycles. The fourth-order valence-electron chi connectivity index (χ4n) is 1.78. The number of hydrogen-bond acceptors (Lipinski definition) is 4. The summed E-state index contributed by atoms with van der Waals surface area (Å²) in [5, 5.41) is 6.21. The molecule has 5 heteroatoms. The number of methoxy groups -OCH3 is 1. The second-order valence-electron chi connectivity index (χ2n) is 5.89. The zero-order valence-corrected chi connectivity index (χ0v) is 13.2. The van der Waals surface area contributed by atoms with Crippen molar-refractivity contribution in [2.45, 2.75) is 65.1 Å². The Balaban J connectivity index is 3.95. The molecule has 2 atom stereocenters. The molecule has 0 radical (unpaired) electrons. The number of carbonyl (C=O) groups is 1. The summed E-state index contributed by atoms with van der Waals surface area (Å²) < 4.78 is 10.4. The van der Waals surface area contributed by atoms with Crippen LogP contribution in [-0.4, -0.2) is 44.0 Å². The molecule has 0 heterocycles. The summed E-state index contributed by atoms with van der Waals surface area (Å²) >= 11 is 0. The number of nitrogens with one attached hydrogen (secondary N) is 2. The van der Waals surface area contributed by atoms with Gasteiger partial charge in [-0.05, 0) is 34.1 Å². The van der Waals surface area contributed by atoms with Gasteiger partial charge in [0.1, 0.15) is 5.60 Å². The first kappa shape index (κ1) is 18.2. The van der Waals surface area contributed by atoms with Crippen LogP contribution in [0.5, 0.6) is 0 Å². The molecule has 1 amide bonds. The van der Waals surface area contributed by atoms with Crippen molar-refractivity contribution >= 4 is 6.09 Å². The van der Waals surface area contributed by atoms with Crippen LogP contribution in [-0.2, 0) is 9.47 Å². The second kappa shape index (κ2) is 9.15. The molecule has 2 N–H and O–H groups in total. The predicted molar refractivity (Wildman–Crippen MR) is 77.4 cm³/mol. The molecule has 0 aromatic rings. The van der Waals surface area contributed by atoms with Crippen LogP contribution in [0.25, 0.3) is 0 Å².